The maximum Gasteiger partial charge on any atom is 0.416 e. The van der Waals surface area contributed by atoms with Gasteiger partial charge in [-0.25, -0.2) is 0 Å². The van der Waals surface area contributed by atoms with Crippen LogP contribution in [0.1, 0.15) is 125 Å². The minimum atomic E-state index is -4.40. The predicted octanol–water partition coefficient (Wildman–Crippen LogP) is 23.0. The number of phenols is 1. The van der Waals surface area contributed by atoms with Crippen molar-refractivity contribution >= 4 is 99.3 Å². The molecule has 738 valence electrons. The van der Waals surface area contributed by atoms with E-state index < -0.39 is 17.7 Å². The van der Waals surface area contributed by atoms with Crippen LogP contribution in [0.4, 0.5) is 13.2 Å². The summed E-state index contributed by atoms with van der Waals surface area (Å²) in [6, 6.07) is 125. The molecule has 18 aromatic rings. The lowest BCUT2D eigenvalue weighted by Crippen LogP contribution is -2.23. The molecule has 0 spiro atoms. The molecular weight excluding hydrogens is 1810 g/mol. The van der Waals surface area contributed by atoms with Crippen molar-refractivity contribution in [2.45, 2.75) is 101 Å². The van der Waals surface area contributed by atoms with Gasteiger partial charge in [-0.15, -0.1) is 0 Å². The molecule has 0 aromatic heterocycles. The number of aliphatic hydroxyl groups excluding tert-OH is 1. The molecule has 0 aliphatic rings. The number of ether oxygens (including phenoxy) is 2. The van der Waals surface area contributed by atoms with Crippen LogP contribution < -0.4 is 43.9 Å². The van der Waals surface area contributed by atoms with Crippen LogP contribution in [-0.2, 0) is 80.1 Å². The second kappa shape index (κ2) is 52.5. The zero-order chi connectivity index (χ0) is 103. The third kappa shape index (κ3) is 29.6. The molecule has 0 amide bonds. The van der Waals surface area contributed by atoms with Crippen LogP contribution in [0.5, 0.6) is 17.2 Å². The Morgan fingerprint density at radius 1 is 0.255 bits per heavy atom. The molecule has 0 saturated heterocycles. The number of aromatic hydroxyl groups is 1. The van der Waals surface area contributed by atoms with Gasteiger partial charge in [0.1, 0.15) is 51.9 Å². The van der Waals surface area contributed by atoms with E-state index in [2.05, 4.69) is 91.0 Å². The van der Waals surface area contributed by atoms with Gasteiger partial charge in [-0.1, -0.05) is 363 Å². The largest absolute Gasteiger partial charge is 0.507 e. The van der Waals surface area contributed by atoms with E-state index in [9.17, 15) is 52.2 Å². The van der Waals surface area contributed by atoms with Crippen molar-refractivity contribution in [3.8, 4) is 17.2 Å². The number of phenolic OH excluding ortho intramolecular Hbond substituents is 1. The van der Waals surface area contributed by atoms with Gasteiger partial charge in [0.25, 0.3) is 0 Å². The number of ketones is 6. The van der Waals surface area contributed by atoms with E-state index in [1.807, 2.05) is 281 Å². The van der Waals surface area contributed by atoms with Crippen LogP contribution >= 0.6 is 0 Å². The van der Waals surface area contributed by atoms with Crippen LogP contribution in [0.2, 0.25) is 0 Å². The first kappa shape index (κ1) is 107. The third-order valence-electron chi connectivity index (χ3n) is 26.1. The zero-order valence-electron chi connectivity index (χ0n) is 81.9. The normalized spacial score (nSPS) is 12.3. The molecule has 0 radical (unpaired) electrons. The first-order valence-corrected chi connectivity index (χ1v) is 48.5. The van der Waals surface area contributed by atoms with Gasteiger partial charge in [0.05, 0.1) is 61.9 Å². The van der Waals surface area contributed by atoms with E-state index in [4.69, 9.17) is 43.9 Å². The van der Waals surface area contributed by atoms with E-state index in [1.165, 1.54) is 39.2 Å². The molecule has 0 bridgehead atoms. The topological polar surface area (TPSA) is 317 Å². The fourth-order valence-electron chi connectivity index (χ4n) is 18.0. The highest BCUT2D eigenvalue weighted by molar-refractivity contribution is 5.96. The number of fused-ring (bicyclic) bond motifs is 6. The number of nitrogens with two attached hydrogens (primary N) is 6. The third-order valence-corrected chi connectivity index (χ3v) is 26.1. The molecule has 0 aliphatic heterocycles. The molecule has 145 heavy (non-hydrogen) atoms. The molecule has 18 aromatic carbocycles. The maximum atomic E-state index is 12.8. The summed E-state index contributed by atoms with van der Waals surface area (Å²) in [5.74, 6) is 0.220. The Hall–Kier alpha value is -15.6. The minimum Gasteiger partial charge on any atom is -0.507 e. The van der Waals surface area contributed by atoms with Crippen molar-refractivity contribution in [2.75, 3.05) is 53.5 Å². The van der Waals surface area contributed by atoms with Gasteiger partial charge < -0.3 is 54.1 Å². The Morgan fingerprint density at radius 3 is 0.855 bits per heavy atom. The lowest BCUT2D eigenvalue weighted by atomic mass is 9.90. The van der Waals surface area contributed by atoms with E-state index >= 15 is 0 Å². The maximum absolute atomic E-state index is 12.8. The highest BCUT2D eigenvalue weighted by atomic mass is 19.4. The molecule has 0 aliphatic carbocycles. The lowest BCUT2D eigenvalue weighted by Gasteiger charge is -2.15. The SMILES string of the molecule is COc1ccc(C(CN)C(=O)Cc2ccc3ccccc3c2)cc1.COc1cccc(C(CN)C(=O)Cc2ccc3ccccc3c2)c1.Cc1ccc(C(CN)C(=O)Cc2ccc3ccccc3c2)cc1.Cc1cccc(C(CN)C(=O)Cc2ccc3c(O)cccc3c2)c1.NCC(C(=O)Cc1ccc2ccccc2c1)c1ccc(C(F)(F)F)cc1.NCC(C(=O)Cc1ccc2ccccc2c1)c1cccc(CO)c1. The Morgan fingerprint density at radius 2 is 0.531 bits per heavy atom. The Balaban J connectivity index is 0.000000146. The molecular formula is C126H123F3N6O10. The van der Waals surface area contributed by atoms with E-state index in [0.29, 0.717) is 63.8 Å². The van der Waals surface area contributed by atoms with Crippen LogP contribution in [0.25, 0.3) is 64.6 Å². The fourth-order valence-corrected chi connectivity index (χ4v) is 18.0. The molecule has 6 unspecified atom stereocenters. The number of carbonyl (C=O) groups is 6. The second-order valence-corrected chi connectivity index (χ2v) is 36.2. The quantitative estimate of drug-likeness (QED) is 0.0189. The van der Waals surface area contributed by atoms with Crippen molar-refractivity contribution < 1.29 is 61.6 Å². The number of alkyl halides is 3. The summed E-state index contributed by atoms with van der Waals surface area (Å²) < 4.78 is 48.5. The Labute approximate surface area is 844 Å². The molecule has 0 heterocycles. The monoisotopic (exact) mass is 1940 g/mol. The molecule has 0 fully saturated rings. The van der Waals surface area contributed by atoms with Gasteiger partial charge in [0.15, 0.2) is 0 Å². The molecule has 18 rings (SSSR count). The van der Waals surface area contributed by atoms with Crippen molar-refractivity contribution in [1.82, 2.24) is 0 Å². The Bertz CT molecular complexity index is 7320. The van der Waals surface area contributed by atoms with E-state index in [0.717, 1.165) is 139 Å². The molecule has 19 heteroatoms. The standard InChI is InChI=1S/C21H18F3NO.4C21H21NO2.C21H21NO/c22-21(23,24)18-9-7-16(8-10-18)19(13-25)20(26)12-14-5-6-15-3-1-2-4-17(15)11-14;1-14-4-2-5-16(10-14)19(13-22)21(24)12-15-8-9-18-17(11-15)6-3-7-20(18)23;1-24-19-8-4-7-18(13-19)20(14-22)21(23)12-15-9-10-16-5-2-3-6-17(16)11-15;1-24-19-10-8-17(9-11-19)20(14-22)21(23)13-15-6-7-16-4-2-3-5-18(16)12-15;22-13-20(19-7-3-4-16(11-19)14-23)21(24)12-15-8-9-17-5-1-2-6-18(17)10-15;1-15-6-9-18(10-7-15)20(14-22)21(23)13-16-8-11-17-4-2-3-5-19(17)12-16/h1-11,19H,12-13,25H2;2-11,19,23H,12-13,22H2,1H3;2-11,13,20H,12,14,22H2,1H3;2-12,20H,13-14,22H2,1H3;1-11,20,23H,12-14,22H2;2-12,20H,13-14,22H2,1H3. The molecule has 6 atom stereocenters. The number of hydrogen-bond acceptors (Lipinski definition) is 16. The minimum absolute atomic E-state index is 0.0377. The van der Waals surface area contributed by atoms with Gasteiger partial charge in [0.2, 0.25) is 0 Å². The summed E-state index contributed by atoms with van der Waals surface area (Å²) in [5, 5.41) is 32.3. The smallest absolute Gasteiger partial charge is 0.416 e. The number of methoxy groups -OCH3 is 2. The average molecular weight is 1940 g/mol. The highest BCUT2D eigenvalue weighted by Gasteiger charge is 2.32. The number of aliphatic hydroxyl groups is 1. The van der Waals surface area contributed by atoms with Crippen LogP contribution in [0.15, 0.2) is 394 Å². The lowest BCUT2D eigenvalue weighted by molar-refractivity contribution is -0.137. The number of hydrogen-bond donors (Lipinski definition) is 8. The summed E-state index contributed by atoms with van der Waals surface area (Å²) in [4.78, 5) is 76.3. The van der Waals surface area contributed by atoms with Crippen molar-refractivity contribution in [1.29, 1.82) is 0 Å². The molecule has 0 saturated carbocycles. The van der Waals surface area contributed by atoms with Crippen LogP contribution in [-0.4, -0.2) is 98.4 Å². The Kier molecular flexibility index (Phi) is 38.6. The number of carbonyl (C=O) groups excluding carboxylic acids is 6. The summed E-state index contributed by atoms with van der Waals surface area (Å²) in [6.07, 6.45) is -2.33. The van der Waals surface area contributed by atoms with Gasteiger partial charge >= 0.3 is 6.18 Å². The second-order valence-electron chi connectivity index (χ2n) is 36.2. The first-order valence-electron chi connectivity index (χ1n) is 48.5. The average Bonchev–Trinajstić information content (AvgIpc) is 0.816. The summed E-state index contributed by atoms with van der Waals surface area (Å²) in [5.41, 5.74) is 48.5. The van der Waals surface area contributed by atoms with Crippen molar-refractivity contribution in [3.63, 3.8) is 0 Å². The molecule has 14 N–H and O–H groups in total. The highest BCUT2D eigenvalue weighted by Crippen LogP contribution is 2.35. The predicted molar refractivity (Wildman–Crippen MR) is 581 cm³/mol. The van der Waals surface area contributed by atoms with Gasteiger partial charge in [0, 0.05) is 83.2 Å². The number of benzene rings is 18. The number of halogens is 3. The number of aryl methyl sites for hydroxylation is 2. The summed E-state index contributed by atoms with van der Waals surface area (Å²) in [6.45, 7) is 5.57. The number of Topliss-reactive ketones (excluding diaryl/α,β-unsaturated/α-hetero) is 6. The van der Waals surface area contributed by atoms with Gasteiger partial charge in [-0.05, 0) is 188 Å². The summed E-state index contributed by atoms with van der Waals surface area (Å²) >= 11 is 0. The van der Waals surface area contributed by atoms with Crippen LogP contribution in [0, 0.1) is 13.8 Å². The molecule has 16 nitrogen and oxygen atoms in total. The van der Waals surface area contributed by atoms with Crippen LogP contribution in [0.3, 0.4) is 0 Å². The zero-order valence-corrected chi connectivity index (χ0v) is 81.9. The van der Waals surface area contributed by atoms with Crippen molar-refractivity contribution in [2.24, 2.45) is 34.4 Å². The van der Waals surface area contributed by atoms with Gasteiger partial charge in [-0.3, -0.25) is 28.8 Å². The fraction of sp³-hybridized carbons (Fsp3) is 0.190. The van der Waals surface area contributed by atoms with Crippen molar-refractivity contribution in [3.05, 3.63) is 483 Å². The van der Waals surface area contributed by atoms with Gasteiger partial charge in [-0.2, -0.15) is 13.2 Å². The summed E-state index contributed by atoms with van der Waals surface area (Å²) in [7, 11) is 3.24. The number of rotatable bonds is 33. The van der Waals surface area contributed by atoms with E-state index in [1.54, 1.807) is 26.4 Å². The first-order chi connectivity index (χ1) is 70.3. The van der Waals surface area contributed by atoms with E-state index in [-0.39, 0.29) is 96.2 Å².